The Bertz CT molecular complexity index is 819. The molecule has 0 aromatic carbocycles. The molecule has 27 heavy (non-hydrogen) atoms. The zero-order chi connectivity index (χ0) is 19.1. The highest BCUT2D eigenvalue weighted by Crippen LogP contribution is 2.27. The molecule has 0 saturated heterocycles. The monoisotopic (exact) mass is 388 g/mol. The largest absolute Gasteiger partial charge is 0.456 e. The fraction of sp³-hybridized carbons (Fsp3) is 0.500. The predicted octanol–water partition coefficient (Wildman–Crippen LogP) is 2.62. The maximum atomic E-state index is 12.0. The van der Waals surface area contributed by atoms with Crippen molar-refractivity contribution in [3.05, 3.63) is 22.7 Å². The minimum atomic E-state index is -0.830. The number of nitrogens with one attached hydrogen (secondary N) is 1. The molecule has 1 aliphatic carbocycles. The summed E-state index contributed by atoms with van der Waals surface area (Å²) in [6.07, 6.45) is 4.41. The quantitative estimate of drug-likeness (QED) is 0.724. The van der Waals surface area contributed by atoms with E-state index in [1.54, 1.807) is 0 Å². The topological polar surface area (TPSA) is 118 Å². The number of carbonyl (C=O) groups excluding carboxylic acids is 2. The van der Waals surface area contributed by atoms with Crippen molar-refractivity contribution < 1.29 is 18.8 Å². The number of nitrogens with zero attached hydrogens (tertiary/aromatic N) is 3. The molecule has 3 rings (SSSR count). The Labute approximate surface area is 160 Å². The Morgan fingerprint density at radius 2 is 2.19 bits per heavy atom. The molecule has 142 valence electrons. The van der Waals surface area contributed by atoms with E-state index >= 15 is 0 Å². The SMILES string of the molecule is N#CC1(NC(=O)COC(=O)CCc2nc(-c3ccsc3)no2)CCCCC1. The second-order valence-electron chi connectivity index (χ2n) is 6.49. The summed E-state index contributed by atoms with van der Waals surface area (Å²) in [4.78, 5) is 28.1. The van der Waals surface area contributed by atoms with Gasteiger partial charge < -0.3 is 14.6 Å². The van der Waals surface area contributed by atoms with Crippen LogP contribution in [0.25, 0.3) is 11.4 Å². The van der Waals surface area contributed by atoms with Gasteiger partial charge in [0.2, 0.25) is 11.7 Å². The predicted molar refractivity (Wildman–Crippen MR) is 96.5 cm³/mol. The molecule has 0 atom stereocenters. The summed E-state index contributed by atoms with van der Waals surface area (Å²) in [5, 5.41) is 19.8. The molecule has 0 spiro atoms. The molecule has 0 unspecified atom stereocenters. The van der Waals surface area contributed by atoms with Gasteiger partial charge in [-0.25, -0.2) is 0 Å². The molecule has 1 saturated carbocycles. The van der Waals surface area contributed by atoms with Crippen LogP contribution in [0.4, 0.5) is 0 Å². The normalized spacial score (nSPS) is 15.7. The average Bonchev–Trinajstić information content (AvgIpc) is 3.37. The summed E-state index contributed by atoms with van der Waals surface area (Å²) in [6, 6.07) is 4.08. The van der Waals surface area contributed by atoms with Gasteiger partial charge in [0.15, 0.2) is 6.61 Å². The maximum Gasteiger partial charge on any atom is 0.306 e. The number of hydrogen-bond donors (Lipinski definition) is 1. The van der Waals surface area contributed by atoms with Gasteiger partial charge in [-0.1, -0.05) is 24.4 Å². The van der Waals surface area contributed by atoms with Gasteiger partial charge in [-0.3, -0.25) is 9.59 Å². The molecule has 2 aromatic heterocycles. The third-order valence-electron chi connectivity index (χ3n) is 4.45. The van der Waals surface area contributed by atoms with Gasteiger partial charge in [0.25, 0.3) is 5.91 Å². The highest BCUT2D eigenvalue weighted by molar-refractivity contribution is 7.08. The van der Waals surface area contributed by atoms with E-state index < -0.39 is 24.0 Å². The Morgan fingerprint density at radius 3 is 2.89 bits per heavy atom. The number of thiophene rings is 1. The van der Waals surface area contributed by atoms with E-state index in [9.17, 15) is 14.9 Å². The minimum absolute atomic E-state index is 0.0297. The second kappa shape index (κ2) is 8.77. The summed E-state index contributed by atoms with van der Waals surface area (Å²) in [7, 11) is 0. The van der Waals surface area contributed by atoms with Crippen LogP contribution < -0.4 is 5.32 Å². The molecule has 2 aromatic rings. The number of aromatic nitrogens is 2. The molecule has 0 aliphatic heterocycles. The van der Waals surface area contributed by atoms with Crippen LogP contribution in [0.1, 0.15) is 44.4 Å². The zero-order valence-electron chi connectivity index (χ0n) is 14.8. The zero-order valence-corrected chi connectivity index (χ0v) is 15.6. The van der Waals surface area contributed by atoms with Gasteiger partial charge in [-0.05, 0) is 24.3 Å². The van der Waals surface area contributed by atoms with Crippen LogP contribution in [-0.2, 0) is 20.7 Å². The van der Waals surface area contributed by atoms with Crippen LogP contribution in [0.15, 0.2) is 21.3 Å². The lowest BCUT2D eigenvalue weighted by molar-refractivity contribution is -0.149. The average molecular weight is 388 g/mol. The third-order valence-corrected chi connectivity index (χ3v) is 5.14. The van der Waals surface area contributed by atoms with E-state index in [-0.39, 0.29) is 12.8 Å². The highest BCUT2D eigenvalue weighted by Gasteiger charge is 2.33. The van der Waals surface area contributed by atoms with Gasteiger partial charge in [0.05, 0.1) is 12.5 Å². The molecule has 2 heterocycles. The third kappa shape index (κ3) is 5.14. The van der Waals surface area contributed by atoms with E-state index in [1.807, 2.05) is 16.8 Å². The number of rotatable bonds is 7. The fourth-order valence-electron chi connectivity index (χ4n) is 3.02. The van der Waals surface area contributed by atoms with Crippen LogP contribution in [0.3, 0.4) is 0 Å². The summed E-state index contributed by atoms with van der Waals surface area (Å²) < 4.78 is 10.1. The van der Waals surface area contributed by atoms with Crippen molar-refractivity contribution in [1.82, 2.24) is 15.5 Å². The van der Waals surface area contributed by atoms with Crippen molar-refractivity contribution in [2.24, 2.45) is 0 Å². The van der Waals surface area contributed by atoms with Crippen LogP contribution in [-0.4, -0.2) is 34.2 Å². The van der Waals surface area contributed by atoms with Gasteiger partial charge in [0, 0.05) is 17.4 Å². The van der Waals surface area contributed by atoms with Crippen molar-refractivity contribution in [3.8, 4) is 17.5 Å². The molecule has 0 bridgehead atoms. The van der Waals surface area contributed by atoms with E-state index in [0.29, 0.717) is 24.6 Å². The van der Waals surface area contributed by atoms with Crippen molar-refractivity contribution in [2.45, 2.75) is 50.5 Å². The lowest BCUT2D eigenvalue weighted by Gasteiger charge is -2.31. The molecular formula is C18H20N4O4S. The van der Waals surface area contributed by atoms with Gasteiger partial charge in [0.1, 0.15) is 5.54 Å². The Hall–Kier alpha value is -2.73. The van der Waals surface area contributed by atoms with E-state index in [0.717, 1.165) is 24.8 Å². The highest BCUT2D eigenvalue weighted by atomic mass is 32.1. The lowest BCUT2D eigenvalue weighted by Crippen LogP contribution is -2.50. The summed E-state index contributed by atoms with van der Waals surface area (Å²) in [6.45, 7) is -0.397. The summed E-state index contributed by atoms with van der Waals surface area (Å²) in [5.41, 5.74) is 0.0344. The van der Waals surface area contributed by atoms with Gasteiger partial charge >= 0.3 is 5.97 Å². The summed E-state index contributed by atoms with van der Waals surface area (Å²) in [5.74, 6) is -0.170. The van der Waals surface area contributed by atoms with Gasteiger partial charge in [-0.2, -0.15) is 21.6 Å². The Balaban J connectivity index is 1.40. The molecule has 8 nitrogen and oxygen atoms in total. The Morgan fingerprint density at radius 1 is 1.37 bits per heavy atom. The second-order valence-corrected chi connectivity index (χ2v) is 7.27. The first-order chi connectivity index (χ1) is 13.1. The van der Waals surface area contributed by atoms with Crippen molar-refractivity contribution in [3.63, 3.8) is 0 Å². The first-order valence-corrected chi connectivity index (χ1v) is 9.77. The number of nitriles is 1. The van der Waals surface area contributed by atoms with Crippen LogP contribution in [0.5, 0.6) is 0 Å². The maximum absolute atomic E-state index is 12.0. The molecule has 1 aliphatic rings. The van der Waals surface area contributed by atoms with E-state index in [2.05, 4.69) is 21.5 Å². The first kappa shape index (κ1) is 19.0. The van der Waals surface area contributed by atoms with Crippen LogP contribution in [0, 0.1) is 11.3 Å². The Kier molecular flexibility index (Phi) is 6.19. The smallest absolute Gasteiger partial charge is 0.306 e. The number of amides is 1. The standard InChI is InChI=1S/C18H20N4O4S/c19-12-18(7-2-1-3-8-18)21-14(23)10-25-16(24)5-4-15-20-17(22-26-15)13-6-9-27-11-13/h6,9,11H,1-5,7-8,10H2,(H,21,23). The van der Waals surface area contributed by atoms with E-state index in [4.69, 9.17) is 9.26 Å². The molecule has 1 amide bonds. The first-order valence-electron chi connectivity index (χ1n) is 8.83. The minimum Gasteiger partial charge on any atom is -0.456 e. The van der Waals surface area contributed by atoms with Crippen LogP contribution in [0.2, 0.25) is 0 Å². The number of aryl methyl sites for hydroxylation is 1. The van der Waals surface area contributed by atoms with Crippen molar-refractivity contribution in [1.29, 1.82) is 5.26 Å². The van der Waals surface area contributed by atoms with Crippen molar-refractivity contribution in [2.75, 3.05) is 6.61 Å². The fourth-order valence-corrected chi connectivity index (χ4v) is 3.65. The van der Waals surface area contributed by atoms with Crippen LogP contribution >= 0.6 is 11.3 Å². The lowest BCUT2D eigenvalue weighted by atomic mass is 9.83. The number of esters is 1. The molecular weight excluding hydrogens is 368 g/mol. The molecule has 0 radical (unpaired) electrons. The molecule has 1 fully saturated rings. The summed E-state index contributed by atoms with van der Waals surface area (Å²) >= 11 is 1.53. The number of ether oxygens (including phenoxy) is 1. The van der Waals surface area contributed by atoms with Crippen molar-refractivity contribution >= 4 is 23.2 Å². The molecule has 9 heteroatoms. The number of carbonyl (C=O) groups is 2. The van der Waals surface area contributed by atoms with Gasteiger partial charge in [-0.15, -0.1) is 0 Å². The van der Waals surface area contributed by atoms with E-state index in [1.165, 1.54) is 11.3 Å². The number of hydrogen-bond acceptors (Lipinski definition) is 8. The molecule has 1 N–H and O–H groups in total.